The lowest BCUT2D eigenvalue weighted by Crippen LogP contribution is -2.24. The zero-order chi connectivity index (χ0) is 15.0. The minimum Gasteiger partial charge on any atom is -0.497 e. The van der Waals surface area contributed by atoms with E-state index in [1.165, 1.54) is 0 Å². The molecule has 1 aliphatic rings. The van der Waals surface area contributed by atoms with E-state index in [4.69, 9.17) is 15.2 Å². The first-order valence-electron chi connectivity index (χ1n) is 7.25. The topological polar surface area (TPSA) is 62.3 Å². The van der Waals surface area contributed by atoms with Crippen LogP contribution in [-0.2, 0) is 13.5 Å². The molecule has 0 amide bonds. The molecule has 0 saturated carbocycles. The van der Waals surface area contributed by atoms with Crippen molar-refractivity contribution < 1.29 is 9.47 Å². The number of rotatable bonds is 3. The number of ether oxygens (including phenoxy) is 2. The first-order valence-corrected chi connectivity index (χ1v) is 7.25. The van der Waals surface area contributed by atoms with E-state index in [1.54, 1.807) is 7.11 Å². The highest BCUT2D eigenvalue weighted by molar-refractivity contribution is 5.44. The lowest BCUT2D eigenvalue weighted by atomic mass is 9.93. The number of hydrogen-bond donors (Lipinski definition) is 1. The Labute approximate surface area is 124 Å². The highest BCUT2D eigenvalue weighted by atomic mass is 16.5. The van der Waals surface area contributed by atoms with E-state index in [0.717, 1.165) is 41.2 Å². The fourth-order valence-corrected chi connectivity index (χ4v) is 2.90. The minimum absolute atomic E-state index is 0.0375. The normalized spacial score (nSPS) is 20.8. The molecule has 1 aromatic carbocycles. The third-order valence-electron chi connectivity index (χ3n) is 3.97. The highest BCUT2D eigenvalue weighted by Gasteiger charge is 2.29. The van der Waals surface area contributed by atoms with Crippen molar-refractivity contribution in [3.63, 3.8) is 0 Å². The summed E-state index contributed by atoms with van der Waals surface area (Å²) in [6.45, 7) is 2.10. The molecule has 0 spiro atoms. The van der Waals surface area contributed by atoms with Gasteiger partial charge in [-0.05, 0) is 24.6 Å². The number of benzene rings is 1. The Bertz CT molecular complexity index is 651. The average molecular weight is 287 g/mol. The number of methoxy groups -OCH3 is 1. The number of hydrogen-bond acceptors (Lipinski definition) is 4. The van der Waals surface area contributed by atoms with Gasteiger partial charge in [-0.1, -0.05) is 6.92 Å². The second-order valence-corrected chi connectivity index (χ2v) is 5.41. The van der Waals surface area contributed by atoms with E-state index in [2.05, 4.69) is 12.0 Å². The molecule has 1 aromatic heterocycles. The van der Waals surface area contributed by atoms with E-state index in [-0.39, 0.29) is 12.1 Å². The third kappa shape index (κ3) is 2.49. The molecule has 2 N–H and O–H groups in total. The summed E-state index contributed by atoms with van der Waals surface area (Å²) in [6, 6.07) is 5.74. The van der Waals surface area contributed by atoms with Crippen LogP contribution < -0.4 is 15.2 Å². The predicted molar refractivity (Wildman–Crippen MR) is 80.5 cm³/mol. The van der Waals surface area contributed by atoms with E-state index < -0.39 is 0 Å². The summed E-state index contributed by atoms with van der Waals surface area (Å²) in [5.74, 6) is 1.65. The van der Waals surface area contributed by atoms with E-state index >= 15 is 0 Å². The summed E-state index contributed by atoms with van der Waals surface area (Å²) in [4.78, 5) is 0. The van der Waals surface area contributed by atoms with Crippen LogP contribution in [-0.4, -0.2) is 16.9 Å². The maximum atomic E-state index is 6.33. The molecule has 0 aliphatic carbocycles. The van der Waals surface area contributed by atoms with Crippen LogP contribution in [0.1, 0.15) is 42.3 Å². The molecular formula is C16H21N3O2. The molecule has 5 nitrogen and oxygen atoms in total. The maximum absolute atomic E-state index is 6.33. The van der Waals surface area contributed by atoms with E-state index in [1.807, 2.05) is 36.1 Å². The standard InChI is InChI=1S/C16H21N3O2/c1-4-14-12(9-19(2)18-14)16-8-13(17)11-7-10(20-3)5-6-15(11)21-16/h5-7,9,13,16H,4,8,17H2,1-3H3/t13-,16?/m0/s1. The summed E-state index contributed by atoms with van der Waals surface area (Å²) in [6.07, 6.45) is 3.63. The van der Waals surface area contributed by atoms with Crippen LogP contribution >= 0.6 is 0 Å². The smallest absolute Gasteiger partial charge is 0.129 e. The first-order chi connectivity index (χ1) is 10.1. The van der Waals surface area contributed by atoms with Gasteiger partial charge in [-0.2, -0.15) is 5.10 Å². The molecule has 0 radical (unpaired) electrons. The zero-order valence-electron chi connectivity index (χ0n) is 12.7. The summed E-state index contributed by atoms with van der Waals surface area (Å²) < 4.78 is 13.3. The number of nitrogens with zero attached hydrogens (tertiary/aromatic N) is 2. The fourth-order valence-electron chi connectivity index (χ4n) is 2.90. The molecule has 2 atom stereocenters. The van der Waals surface area contributed by atoms with Crippen molar-refractivity contribution in [1.82, 2.24) is 9.78 Å². The van der Waals surface area contributed by atoms with Crippen LogP contribution in [0.15, 0.2) is 24.4 Å². The van der Waals surface area contributed by atoms with Crippen molar-refractivity contribution in [3.8, 4) is 11.5 Å². The Morgan fingerprint density at radius 3 is 2.95 bits per heavy atom. The van der Waals surface area contributed by atoms with Gasteiger partial charge in [0.2, 0.25) is 0 Å². The van der Waals surface area contributed by atoms with Gasteiger partial charge in [-0.3, -0.25) is 4.68 Å². The van der Waals surface area contributed by atoms with Gasteiger partial charge >= 0.3 is 0 Å². The number of aryl methyl sites for hydroxylation is 2. The molecule has 1 unspecified atom stereocenters. The van der Waals surface area contributed by atoms with Crippen LogP contribution in [0.5, 0.6) is 11.5 Å². The molecule has 2 heterocycles. The third-order valence-corrected chi connectivity index (χ3v) is 3.97. The summed E-state index contributed by atoms with van der Waals surface area (Å²) >= 11 is 0. The monoisotopic (exact) mass is 287 g/mol. The zero-order valence-corrected chi connectivity index (χ0v) is 12.7. The Morgan fingerprint density at radius 2 is 2.24 bits per heavy atom. The molecule has 112 valence electrons. The lowest BCUT2D eigenvalue weighted by Gasteiger charge is -2.30. The second kappa shape index (κ2) is 5.41. The highest BCUT2D eigenvalue weighted by Crippen LogP contribution is 2.41. The average Bonchev–Trinajstić information content (AvgIpc) is 2.88. The number of fused-ring (bicyclic) bond motifs is 1. The maximum Gasteiger partial charge on any atom is 0.129 e. The van der Waals surface area contributed by atoms with Crippen LogP contribution in [0.25, 0.3) is 0 Å². The van der Waals surface area contributed by atoms with Gasteiger partial charge in [0.05, 0.1) is 12.8 Å². The second-order valence-electron chi connectivity index (χ2n) is 5.41. The molecule has 3 rings (SSSR count). The van der Waals surface area contributed by atoms with Crippen molar-refractivity contribution in [1.29, 1.82) is 0 Å². The molecule has 0 fully saturated rings. The SMILES string of the molecule is CCc1nn(C)cc1C1C[C@H](N)c2cc(OC)ccc2O1. The van der Waals surface area contributed by atoms with Crippen LogP contribution in [0, 0.1) is 0 Å². The molecule has 1 aliphatic heterocycles. The van der Waals surface area contributed by atoms with Gasteiger partial charge in [0.15, 0.2) is 0 Å². The Hall–Kier alpha value is -2.01. The largest absolute Gasteiger partial charge is 0.497 e. The van der Waals surface area contributed by atoms with E-state index in [9.17, 15) is 0 Å². The molecule has 21 heavy (non-hydrogen) atoms. The molecule has 0 bridgehead atoms. The van der Waals surface area contributed by atoms with Crippen molar-refractivity contribution in [2.45, 2.75) is 31.9 Å². The lowest BCUT2D eigenvalue weighted by molar-refractivity contribution is 0.160. The Kier molecular flexibility index (Phi) is 3.59. The van der Waals surface area contributed by atoms with Gasteiger partial charge in [0.25, 0.3) is 0 Å². The number of aromatic nitrogens is 2. The quantitative estimate of drug-likeness (QED) is 0.942. The van der Waals surface area contributed by atoms with Gasteiger partial charge in [-0.15, -0.1) is 0 Å². The minimum atomic E-state index is -0.0567. The van der Waals surface area contributed by atoms with E-state index in [0.29, 0.717) is 0 Å². The van der Waals surface area contributed by atoms with Gasteiger partial charge < -0.3 is 15.2 Å². The van der Waals surface area contributed by atoms with Gasteiger partial charge in [-0.25, -0.2) is 0 Å². The van der Waals surface area contributed by atoms with Crippen molar-refractivity contribution >= 4 is 0 Å². The molecule has 5 heteroatoms. The summed E-state index contributed by atoms with van der Waals surface area (Å²) in [5, 5.41) is 4.49. The van der Waals surface area contributed by atoms with Crippen molar-refractivity contribution in [2.24, 2.45) is 12.8 Å². The van der Waals surface area contributed by atoms with Crippen LogP contribution in [0.4, 0.5) is 0 Å². The summed E-state index contributed by atoms with van der Waals surface area (Å²) in [7, 11) is 3.59. The predicted octanol–water partition coefficient (Wildman–Crippen LogP) is 2.51. The van der Waals surface area contributed by atoms with Gasteiger partial charge in [0, 0.05) is 36.8 Å². The molecule has 2 aromatic rings. The fraction of sp³-hybridized carbons (Fsp3) is 0.438. The number of nitrogens with two attached hydrogens (primary N) is 1. The van der Waals surface area contributed by atoms with Gasteiger partial charge in [0.1, 0.15) is 17.6 Å². The molecular weight excluding hydrogens is 266 g/mol. The first kappa shape index (κ1) is 13.9. The van der Waals surface area contributed by atoms with Crippen molar-refractivity contribution in [3.05, 3.63) is 41.2 Å². The Morgan fingerprint density at radius 1 is 1.43 bits per heavy atom. The Balaban J connectivity index is 1.94. The van der Waals surface area contributed by atoms with Crippen molar-refractivity contribution in [2.75, 3.05) is 7.11 Å². The van der Waals surface area contributed by atoms with Crippen LogP contribution in [0.2, 0.25) is 0 Å². The summed E-state index contributed by atoms with van der Waals surface area (Å²) in [5.41, 5.74) is 9.55. The van der Waals surface area contributed by atoms with Crippen LogP contribution in [0.3, 0.4) is 0 Å². The molecule has 0 saturated heterocycles.